The van der Waals surface area contributed by atoms with Gasteiger partial charge in [0.1, 0.15) is 0 Å². The van der Waals surface area contributed by atoms with Crippen LogP contribution >= 0.6 is 0 Å². The van der Waals surface area contributed by atoms with E-state index in [-0.39, 0.29) is 23.5 Å². The molecule has 3 saturated carbocycles. The molecule has 0 heterocycles. The summed E-state index contributed by atoms with van der Waals surface area (Å²) >= 11 is 0. The lowest BCUT2D eigenvalue weighted by atomic mass is 9.62. The van der Waals surface area contributed by atoms with Crippen LogP contribution in [-0.4, -0.2) is 22.9 Å². The second kappa shape index (κ2) is 3.27. The average Bonchev–Trinajstić information content (AvgIpc) is 2.57. The van der Waals surface area contributed by atoms with Crippen LogP contribution in [0.3, 0.4) is 0 Å². The van der Waals surface area contributed by atoms with Gasteiger partial charge >= 0.3 is 0 Å². The third kappa shape index (κ3) is 1.14. The highest BCUT2D eigenvalue weighted by atomic mass is 16.3. The van der Waals surface area contributed by atoms with E-state index in [4.69, 9.17) is 0 Å². The van der Waals surface area contributed by atoms with Gasteiger partial charge in [-0.2, -0.15) is 0 Å². The van der Waals surface area contributed by atoms with Crippen LogP contribution < -0.4 is 0 Å². The van der Waals surface area contributed by atoms with Gasteiger partial charge in [-0.25, -0.2) is 0 Å². The summed E-state index contributed by atoms with van der Waals surface area (Å²) in [6, 6.07) is 0. The zero-order valence-corrected chi connectivity index (χ0v) is 11.4. The zero-order valence-electron chi connectivity index (χ0n) is 11.4. The van der Waals surface area contributed by atoms with Gasteiger partial charge in [-0.3, -0.25) is 0 Å². The molecule has 0 spiro atoms. The number of rotatable bonds is 1. The summed E-state index contributed by atoms with van der Waals surface area (Å²) in [5.41, 5.74) is 0.350. The molecule has 2 heteroatoms. The third-order valence-corrected chi connectivity index (χ3v) is 7.13. The largest absolute Gasteiger partial charge is 0.396 e. The highest BCUT2D eigenvalue weighted by Gasteiger charge is 2.71. The Morgan fingerprint density at radius 2 is 1.76 bits per heavy atom. The van der Waals surface area contributed by atoms with E-state index in [1.54, 1.807) is 0 Å². The van der Waals surface area contributed by atoms with Crippen molar-refractivity contribution in [1.29, 1.82) is 0 Å². The summed E-state index contributed by atoms with van der Waals surface area (Å²) in [7, 11) is 0. The van der Waals surface area contributed by atoms with Crippen molar-refractivity contribution >= 4 is 0 Å². The maximum Gasteiger partial charge on any atom is 0.0636 e. The van der Waals surface area contributed by atoms with Crippen molar-refractivity contribution in [2.75, 3.05) is 6.61 Å². The highest BCUT2D eigenvalue weighted by molar-refractivity contribution is 5.19. The van der Waals surface area contributed by atoms with Crippen molar-refractivity contribution in [3.63, 3.8) is 0 Å². The molecule has 0 radical (unpaired) electrons. The first-order valence-electron chi connectivity index (χ1n) is 7.18. The van der Waals surface area contributed by atoms with Crippen molar-refractivity contribution in [2.45, 2.75) is 59.0 Å². The van der Waals surface area contributed by atoms with E-state index in [1.807, 2.05) is 0 Å². The summed E-state index contributed by atoms with van der Waals surface area (Å²) in [5.74, 6) is 0.945. The summed E-state index contributed by atoms with van der Waals surface area (Å²) in [4.78, 5) is 0. The molecule has 0 aromatic rings. The molecule has 6 atom stereocenters. The molecule has 0 aromatic carbocycles. The quantitative estimate of drug-likeness (QED) is 0.737. The van der Waals surface area contributed by atoms with Crippen LogP contribution in [0.5, 0.6) is 0 Å². The van der Waals surface area contributed by atoms with Crippen LogP contribution in [0.4, 0.5) is 0 Å². The fraction of sp³-hybridized carbons (Fsp3) is 1.00. The third-order valence-electron chi connectivity index (χ3n) is 7.13. The van der Waals surface area contributed by atoms with E-state index in [1.165, 1.54) is 25.7 Å². The fourth-order valence-electron chi connectivity index (χ4n) is 5.71. The summed E-state index contributed by atoms with van der Waals surface area (Å²) in [5, 5.41) is 20.6. The normalized spacial score (nSPS) is 61.6. The molecule has 98 valence electrons. The minimum absolute atomic E-state index is 0.0555. The van der Waals surface area contributed by atoms with Gasteiger partial charge in [0.05, 0.1) is 6.10 Å². The van der Waals surface area contributed by atoms with E-state index in [0.29, 0.717) is 17.3 Å². The van der Waals surface area contributed by atoms with Gasteiger partial charge in [0.15, 0.2) is 0 Å². The maximum absolute atomic E-state index is 10.8. The Balaban J connectivity index is 2.10. The highest BCUT2D eigenvalue weighted by Crippen LogP contribution is 2.74. The molecule has 4 bridgehead atoms. The van der Waals surface area contributed by atoms with Crippen LogP contribution in [0.1, 0.15) is 52.9 Å². The van der Waals surface area contributed by atoms with E-state index in [2.05, 4.69) is 20.8 Å². The molecule has 0 aliphatic heterocycles. The molecule has 17 heavy (non-hydrogen) atoms. The minimum atomic E-state index is -0.205. The van der Waals surface area contributed by atoms with Crippen molar-refractivity contribution in [2.24, 2.45) is 28.1 Å². The van der Waals surface area contributed by atoms with Gasteiger partial charge in [0, 0.05) is 6.61 Å². The van der Waals surface area contributed by atoms with Crippen molar-refractivity contribution in [3.05, 3.63) is 0 Å². The van der Waals surface area contributed by atoms with Gasteiger partial charge in [0.25, 0.3) is 0 Å². The molecule has 0 aromatic heterocycles. The van der Waals surface area contributed by atoms with Crippen LogP contribution in [0.2, 0.25) is 0 Å². The lowest BCUT2D eigenvalue weighted by Crippen LogP contribution is -2.46. The Bertz CT molecular complexity index is 342. The summed E-state index contributed by atoms with van der Waals surface area (Å²) in [6.45, 7) is 7.12. The van der Waals surface area contributed by atoms with Crippen molar-refractivity contribution < 1.29 is 10.2 Å². The Morgan fingerprint density at radius 1 is 1.06 bits per heavy atom. The van der Waals surface area contributed by atoms with Crippen LogP contribution in [0.25, 0.3) is 0 Å². The van der Waals surface area contributed by atoms with Gasteiger partial charge in [-0.1, -0.05) is 27.2 Å². The van der Waals surface area contributed by atoms with E-state index in [9.17, 15) is 10.2 Å². The lowest BCUT2D eigenvalue weighted by molar-refractivity contribution is -0.0768. The Kier molecular flexibility index (Phi) is 2.30. The molecular formula is C15H26O2. The van der Waals surface area contributed by atoms with Crippen LogP contribution in [-0.2, 0) is 0 Å². The number of hydrogen-bond acceptors (Lipinski definition) is 2. The second-order valence-corrected chi connectivity index (χ2v) is 7.62. The topological polar surface area (TPSA) is 40.5 Å². The monoisotopic (exact) mass is 238 g/mol. The molecule has 3 aliphatic carbocycles. The summed E-state index contributed by atoms with van der Waals surface area (Å²) in [6.07, 6.45) is 5.74. The Hall–Kier alpha value is -0.0800. The molecule has 2 N–H and O–H groups in total. The van der Waals surface area contributed by atoms with E-state index >= 15 is 0 Å². The first-order chi connectivity index (χ1) is 7.89. The second-order valence-electron chi connectivity index (χ2n) is 7.62. The Labute approximate surface area is 104 Å². The van der Waals surface area contributed by atoms with Crippen LogP contribution in [0, 0.1) is 28.1 Å². The molecule has 2 nitrogen and oxygen atoms in total. The molecule has 3 fully saturated rings. The molecule has 3 aliphatic rings. The van der Waals surface area contributed by atoms with Crippen LogP contribution in [0.15, 0.2) is 0 Å². The predicted molar refractivity (Wildman–Crippen MR) is 67.5 cm³/mol. The maximum atomic E-state index is 10.8. The SMILES string of the molecule is C[C@@]1(CO)CCC[C@]2(C)[C@H]3CC[C@]2(C)[C@H](O)C31. The van der Waals surface area contributed by atoms with Gasteiger partial charge in [-0.05, 0) is 53.8 Å². The van der Waals surface area contributed by atoms with Gasteiger partial charge in [-0.15, -0.1) is 0 Å². The number of hydrogen-bond donors (Lipinski definition) is 2. The standard InChI is InChI=1S/C15H26O2/c1-13(9-16)6-4-7-14(2)10-5-8-15(14,3)12(17)11(10)13/h10-12,16-17H,4-9H2,1-3H3/t10-,11?,12+,13-,14+,15+/m0/s1. The Morgan fingerprint density at radius 3 is 2.41 bits per heavy atom. The molecular weight excluding hydrogens is 212 g/mol. The smallest absolute Gasteiger partial charge is 0.0636 e. The summed E-state index contributed by atoms with van der Waals surface area (Å²) < 4.78 is 0. The zero-order chi connectivity index (χ0) is 12.5. The predicted octanol–water partition coefficient (Wildman–Crippen LogP) is 2.58. The number of aliphatic hydroxyl groups excluding tert-OH is 2. The van der Waals surface area contributed by atoms with Gasteiger partial charge in [0.2, 0.25) is 0 Å². The molecule has 3 rings (SSSR count). The van der Waals surface area contributed by atoms with Crippen molar-refractivity contribution in [1.82, 2.24) is 0 Å². The number of aliphatic hydroxyl groups is 2. The lowest BCUT2D eigenvalue weighted by Gasteiger charge is -2.45. The van der Waals surface area contributed by atoms with Gasteiger partial charge < -0.3 is 10.2 Å². The minimum Gasteiger partial charge on any atom is -0.396 e. The molecule has 1 unspecified atom stereocenters. The first-order valence-corrected chi connectivity index (χ1v) is 7.18. The average molecular weight is 238 g/mol. The molecule has 0 amide bonds. The molecule has 0 saturated heterocycles. The fourth-order valence-corrected chi connectivity index (χ4v) is 5.71. The van der Waals surface area contributed by atoms with Crippen molar-refractivity contribution in [3.8, 4) is 0 Å². The van der Waals surface area contributed by atoms with E-state index < -0.39 is 0 Å². The first kappa shape index (κ1) is 12.0. The van der Waals surface area contributed by atoms with E-state index in [0.717, 1.165) is 6.42 Å².